The number of anilines is 3. The predicted octanol–water partition coefficient (Wildman–Crippen LogP) is 12.1. The number of benzene rings is 7. The average Bonchev–Trinajstić information content (AvgIpc) is 3.42. The highest BCUT2D eigenvalue weighted by atomic mass is 16.5. The average molecular weight is 632 g/mol. The van der Waals surface area contributed by atoms with Gasteiger partial charge in [0.2, 0.25) is 0 Å². The van der Waals surface area contributed by atoms with Gasteiger partial charge in [-0.2, -0.15) is 0 Å². The van der Waals surface area contributed by atoms with Crippen LogP contribution in [0.2, 0.25) is 0 Å². The molecule has 0 N–H and O–H groups in total. The van der Waals surface area contributed by atoms with E-state index in [1.165, 1.54) is 44.5 Å². The van der Waals surface area contributed by atoms with E-state index in [1.807, 2.05) is 6.07 Å². The van der Waals surface area contributed by atoms with E-state index in [0.717, 1.165) is 40.1 Å². The first-order chi connectivity index (χ1) is 24.0. The zero-order valence-electron chi connectivity index (χ0n) is 27.4. The molecule has 2 aliphatic heterocycles. The summed E-state index contributed by atoms with van der Waals surface area (Å²) < 4.78 is 13.1. The van der Waals surface area contributed by atoms with Crippen LogP contribution in [0, 0.1) is 0 Å². The van der Waals surface area contributed by atoms with Crippen molar-refractivity contribution in [3.05, 3.63) is 197 Å². The molecule has 3 heteroatoms. The molecule has 3 nitrogen and oxygen atoms in total. The molecule has 49 heavy (non-hydrogen) atoms. The molecule has 0 atom stereocenters. The van der Waals surface area contributed by atoms with Crippen molar-refractivity contribution >= 4 is 17.1 Å². The van der Waals surface area contributed by atoms with Gasteiger partial charge in [0.15, 0.2) is 0 Å². The van der Waals surface area contributed by atoms with Gasteiger partial charge in [-0.15, -0.1) is 0 Å². The van der Waals surface area contributed by atoms with Crippen LogP contribution in [0.1, 0.15) is 47.2 Å². The standard InChI is InChI=1S/C46H33NO2/c1-45(2)37-18-8-11-21-41(37)49-44-29-32(25-27-38(44)45)47(30-14-4-3-5-15-30)31-24-26-36-34(28-31)33-16-6-7-17-35(33)46(36)39-19-9-12-22-42(39)48-43-23-13-10-20-40(43)46/h3-29H,1-2H3. The fraction of sp³-hybridized carbons (Fsp3) is 0.0870. The van der Waals surface area contributed by atoms with E-state index in [1.54, 1.807) is 0 Å². The molecule has 0 amide bonds. The summed E-state index contributed by atoms with van der Waals surface area (Å²) in [6.45, 7) is 4.56. The summed E-state index contributed by atoms with van der Waals surface area (Å²) in [5.41, 5.74) is 12.3. The number of nitrogens with zero attached hydrogens (tertiary/aromatic N) is 1. The van der Waals surface area contributed by atoms with Crippen LogP contribution in [0.5, 0.6) is 23.0 Å². The fourth-order valence-electron chi connectivity index (χ4n) is 8.60. The van der Waals surface area contributed by atoms with Crippen LogP contribution in [0.3, 0.4) is 0 Å². The summed E-state index contributed by atoms with van der Waals surface area (Å²) in [4.78, 5) is 2.34. The highest BCUT2D eigenvalue weighted by Gasteiger charge is 2.51. The Morgan fingerprint density at radius 2 is 0.837 bits per heavy atom. The SMILES string of the molecule is CC1(C)c2ccccc2Oc2cc(N(c3ccccc3)c3ccc4c(c3)-c3ccccc3C43c4ccccc4Oc4ccccc43)ccc21. The molecule has 7 aromatic carbocycles. The van der Waals surface area contributed by atoms with E-state index >= 15 is 0 Å². The second kappa shape index (κ2) is 10.2. The number of ether oxygens (including phenoxy) is 2. The van der Waals surface area contributed by atoms with Crippen molar-refractivity contribution in [1.82, 2.24) is 0 Å². The number of hydrogen-bond donors (Lipinski definition) is 0. The van der Waals surface area contributed by atoms with E-state index in [0.29, 0.717) is 0 Å². The van der Waals surface area contributed by atoms with Gasteiger partial charge in [-0.25, -0.2) is 0 Å². The lowest BCUT2D eigenvalue weighted by atomic mass is 9.66. The van der Waals surface area contributed by atoms with E-state index in [4.69, 9.17) is 9.47 Å². The lowest BCUT2D eigenvalue weighted by molar-refractivity contribution is 0.418. The van der Waals surface area contributed by atoms with Gasteiger partial charge in [-0.3, -0.25) is 0 Å². The largest absolute Gasteiger partial charge is 0.457 e. The summed E-state index contributed by atoms with van der Waals surface area (Å²) in [6, 6.07) is 58.6. The first kappa shape index (κ1) is 28.0. The lowest BCUT2D eigenvalue weighted by Gasteiger charge is -2.39. The summed E-state index contributed by atoms with van der Waals surface area (Å²) in [5.74, 6) is 3.61. The predicted molar refractivity (Wildman–Crippen MR) is 197 cm³/mol. The van der Waals surface area contributed by atoms with Gasteiger partial charge in [0.25, 0.3) is 0 Å². The highest BCUT2D eigenvalue weighted by molar-refractivity contribution is 5.91. The fourth-order valence-corrected chi connectivity index (χ4v) is 8.60. The van der Waals surface area contributed by atoms with E-state index < -0.39 is 5.41 Å². The van der Waals surface area contributed by atoms with Crippen LogP contribution in [0.25, 0.3) is 11.1 Å². The molecule has 2 heterocycles. The quantitative estimate of drug-likeness (QED) is 0.194. The minimum Gasteiger partial charge on any atom is -0.457 e. The van der Waals surface area contributed by atoms with Crippen LogP contribution in [-0.2, 0) is 10.8 Å². The molecule has 0 aromatic heterocycles. The number of para-hydroxylation sites is 4. The molecule has 1 spiro atoms. The smallest absolute Gasteiger partial charge is 0.133 e. The molecule has 0 saturated heterocycles. The Labute approximate surface area is 286 Å². The minimum atomic E-state index is -0.494. The van der Waals surface area contributed by atoms with Crippen molar-refractivity contribution in [2.24, 2.45) is 0 Å². The third kappa shape index (κ3) is 3.84. The molecule has 10 rings (SSSR count). The van der Waals surface area contributed by atoms with Gasteiger partial charge in [0, 0.05) is 50.8 Å². The third-order valence-corrected chi connectivity index (χ3v) is 10.8. The Bertz CT molecular complexity index is 2400. The molecule has 0 bridgehead atoms. The molecule has 3 aliphatic rings. The van der Waals surface area contributed by atoms with E-state index in [2.05, 4.69) is 176 Å². The summed E-state index contributed by atoms with van der Waals surface area (Å²) in [6.07, 6.45) is 0. The van der Waals surface area contributed by atoms with E-state index in [-0.39, 0.29) is 5.41 Å². The molecule has 0 fully saturated rings. The zero-order chi connectivity index (χ0) is 32.7. The molecular weight excluding hydrogens is 599 g/mol. The van der Waals surface area contributed by atoms with Crippen molar-refractivity contribution in [2.75, 3.05) is 4.90 Å². The van der Waals surface area contributed by atoms with Gasteiger partial charge >= 0.3 is 0 Å². The molecule has 0 radical (unpaired) electrons. The van der Waals surface area contributed by atoms with Crippen molar-refractivity contribution in [3.63, 3.8) is 0 Å². The Hall–Kier alpha value is -6.06. The minimum absolute atomic E-state index is 0.178. The topological polar surface area (TPSA) is 21.7 Å². The number of fused-ring (bicyclic) bond motifs is 11. The number of hydrogen-bond acceptors (Lipinski definition) is 3. The zero-order valence-corrected chi connectivity index (χ0v) is 27.4. The van der Waals surface area contributed by atoms with Crippen LogP contribution < -0.4 is 14.4 Å². The van der Waals surface area contributed by atoms with Crippen molar-refractivity contribution in [2.45, 2.75) is 24.7 Å². The normalized spacial score (nSPS) is 15.0. The Morgan fingerprint density at radius 3 is 1.53 bits per heavy atom. The van der Waals surface area contributed by atoms with Gasteiger partial charge in [0.1, 0.15) is 23.0 Å². The third-order valence-electron chi connectivity index (χ3n) is 10.8. The first-order valence-electron chi connectivity index (χ1n) is 16.9. The summed E-state index contributed by atoms with van der Waals surface area (Å²) >= 11 is 0. The van der Waals surface area contributed by atoms with Crippen molar-refractivity contribution in [3.8, 4) is 34.1 Å². The molecular formula is C46H33NO2. The molecule has 234 valence electrons. The van der Waals surface area contributed by atoms with Crippen LogP contribution in [-0.4, -0.2) is 0 Å². The molecule has 1 aliphatic carbocycles. The highest BCUT2D eigenvalue weighted by Crippen LogP contribution is 2.62. The summed E-state index contributed by atoms with van der Waals surface area (Å²) in [7, 11) is 0. The van der Waals surface area contributed by atoms with Crippen molar-refractivity contribution in [1.29, 1.82) is 0 Å². The second-order valence-corrected chi connectivity index (χ2v) is 13.7. The van der Waals surface area contributed by atoms with Gasteiger partial charge in [-0.1, -0.05) is 123 Å². The monoisotopic (exact) mass is 631 g/mol. The maximum absolute atomic E-state index is 6.60. The first-order valence-corrected chi connectivity index (χ1v) is 16.9. The molecule has 0 unspecified atom stereocenters. The summed E-state index contributed by atoms with van der Waals surface area (Å²) in [5, 5.41) is 0. The number of rotatable bonds is 3. The van der Waals surface area contributed by atoms with Gasteiger partial charge < -0.3 is 14.4 Å². The van der Waals surface area contributed by atoms with Crippen LogP contribution in [0.15, 0.2) is 164 Å². The Kier molecular flexibility index (Phi) is 5.84. The van der Waals surface area contributed by atoms with E-state index in [9.17, 15) is 0 Å². The lowest BCUT2D eigenvalue weighted by Crippen LogP contribution is -2.32. The second-order valence-electron chi connectivity index (χ2n) is 13.7. The van der Waals surface area contributed by atoms with Gasteiger partial charge in [-0.05, 0) is 70.8 Å². The maximum atomic E-state index is 6.60. The molecule has 7 aromatic rings. The van der Waals surface area contributed by atoms with Crippen molar-refractivity contribution < 1.29 is 9.47 Å². The maximum Gasteiger partial charge on any atom is 0.133 e. The van der Waals surface area contributed by atoms with Crippen LogP contribution in [0.4, 0.5) is 17.1 Å². The molecule has 0 saturated carbocycles. The Balaban J connectivity index is 1.19. The van der Waals surface area contributed by atoms with Gasteiger partial charge in [0.05, 0.1) is 5.41 Å². The Morgan fingerprint density at radius 1 is 0.367 bits per heavy atom. The van der Waals surface area contributed by atoms with Crippen LogP contribution >= 0.6 is 0 Å².